The van der Waals surface area contributed by atoms with Crippen molar-refractivity contribution in [3.63, 3.8) is 0 Å². The van der Waals surface area contributed by atoms with E-state index in [1.807, 2.05) is 0 Å². The van der Waals surface area contributed by atoms with Crippen LogP contribution in [-0.2, 0) is 4.79 Å². The molecule has 0 aliphatic rings. The van der Waals surface area contributed by atoms with Gasteiger partial charge in [-0.2, -0.15) is 0 Å². The summed E-state index contributed by atoms with van der Waals surface area (Å²) in [5, 5.41) is 0. The number of hydrogen-bond acceptors (Lipinski definition) is 1. The van der Waals surface area contributed by atoms with Gasteiger partial charge >= 0.3 is 0 Å². The molecular weight excluding hydrogens is 247 g/mol. The Labute approximate surface area is 90.8 Å². The number of carbonyl (C=O) groups excluding carboxylic acids is 1. The first-order valence-electron chi connectivity index (χ1n) is 4.15. The van der Waals surface area contributed by atoms with Crippen LogP contribution in [-0.4, -0.2) is 5.78 Å². The molecule has 0 bridgehead atoms. The van der Waals surface area contributed by atoms with E-state index in [1.165, 1.54) is 19.1 Å². The number of allylic oxidation sites excluding steroid dienone is 2. The van der Waals surface area contributed by atoms with Gasteiger partial charge in [0.05, 0.1) is 0 Å². The summed E-state index contributed by atoms with van der Waals surface area (Å²) in [6.07, 6.45) is 1.42. The molecule has 0 unspecified atom stereocenters. The van der Waals surface area contributed by atoms with E-state index in [1.54, 1.807) is 19.1 Å². The number of rotatable bonds is 2. The van der Waals surface area contributed by atoms with Gasteiger partial charge in [-0.05, 0) is 37.6 Å². The highest BCUT2D eigenvalue weighted by atomic mass is 79.9. The van der Waals surface area contributed by atoms with E-state index in [0.29, 0.717) is 15.6 Å². The zero-order chi connectivity index (χ0) is 10.7. The Bertz CT molecular complexity index is 396. The van der Waals surface area contributed by atoms with Gasteiger partial charge in [0.1, 0.15) is 5.82 Å². The van der Waals surface area contributed by atoms with E-state index < -0.39 is 0 Å². The van der Waals surface area contributed by atoms with Crippen molar-refractivity contribution in [2.45, 2.75) is 13.8 Å². The van der Waals surface area contributed by atoms with E-state index in [0.717, 1.165) is 0 Å². The predicted molar refractivity (Wildman–Crippen MR) is 58.4 cm³/mol. The molecule has 0 saturated heterocycles. The average Bonchev–Trinajstić information content (AvgIpc) is 2.01. The fourth-order valence-electron chi connectivity index (χ4n) is 1.19. The van der Waals surface area contributed by atoms with Gasteiger partial charge in [0, 0.05) is 10.0 Å². The summed E-state index contributed by atoms with van der Waals surface area (Å²) in [5.74, 6) is -0.404. The summed E-state index contributed by atoms with van der Waals surface area (Å²) in [6.45, 7) is 3.16. The third kappa shape index (κ3) is 2.77. The van der Waals surface area contributed by atoms with Crippen LogP contribution in [0.25, 0.3) is 5.57 Å². The molecule has 74 valence electrons. The molecule has 1 aromatic rings. The summed E-state index contributed by atoms with van der Waals surface area (Å²) < 4.78 is 14.1. The second-order valence-electron chi connectivity index (χ2n) is 3.06. The molecule has 0 saturated carbocycles. The quantitative estimate of drug-likeness (QED) is 0.740. The molecule has 0 heterocycles. The number of ketones is 1. The molecule has 1 aromatic carbocycles. The van der Waals surface area contributed by atoms with Crippen LogP contribution in [0.2, 0.25) is 0 Å². The second-order valence-corrected chi connectivity index (χ2v) is 3.98. The van der Waals surface area contributed by atoms with Crippen molar-refractivity contribution in [3.05, 3.63) is 40.1 Å². The summed E-state index contributed by atoms with van der Waals surface area (Å²) in [6, 6.07) is 4.77. The molecule has 0 N–H and O–H groups in total. The van der Waals surface area contributed by atoms with E-state index in [2.05, 4.69) is 15.9 Å². The molecule has 0 aliphatic heterocycles. The summed E-state index contributed by atoms with van der Waals surface area (Å²) in [5.41, 5.74) is 1.10. The van der Waals surface area contributed by atoms with Crippen LogP contribution in [0.3, 0.4) is 0 Å². The minimum Gasteiger partial charge on any atom is -0.295 e. The molecule has 1 nitrogen and oxygen atoms in total. The first kappa shape index (κ1) is 11.1. The summed E-state index contributed by atoms with van der Waals surface area (Å²) >= 11 is 3.17. The normalized spacial score (nSPS) is 11.6. The van der Waals surface area contributed by atoms with Crippen LogP contribution >= 0.6 is 15.9 Å². The first-order valence-corrected chi connectivity index (χ1v) is 4.94. The Kier molecular flexibility index (Phi) is 3.58. The van der Waals surface area contributed by atoms with Gasteiger partial charge in [0.2, 0.25) is 0 Å². The third-order valence-corrected chi connectivity index (χ3v) is 2.27. The van der Waals surface area contributed by atoms with Gasteiger partial charge in [0.15, 0.2) is 5.78 Å². The fraction of sp³-hybridized carbons (Fsp3) is 0.182. The molecule has 0 aliphatic carbocycles. The Hall–Kier alpha value is -0.960. The lowest BCUT2D eigenvalue weighted by molar-refractivity contribution is -0.112. The molecule has 0 atom stereocenters. The van der Waals surface area contributed by atoms with Gasteiger partial charge in [0.25, 0.3) is 0 Å². The zero-order valence-electron chi connectivity index (χ0n) is 7.97. The minimum absolute atomic E-state index is 0.0789. The standard InChI is InChI=1S/C11H10BrFO/c1-7(5-8(2)14)10-4-3-9(12)6-11(10)13/h3-6H,1-2H3/b7-5+. The maximum atomic E-state index is 13.4. The zero-order valence-corrected chi connectivity index (χ0v) is 9.56. The Morgan fingerprint density at radius 3 is 2.57 bits per heavy atom. The van der Waals surface area contributed by atoms with E-state index in [-0.39, 0.29) is 11.6 Å². The molecule has 1 rings (SSSR count). The Balaban J connectivity index is 3.14. The van der Waals surface area contributed by atoms with Crippen molar-refractivity contribution in [2.75, 3.05) is 0 Å². The lowest BCUT2D eigenvalue weighted by Crippen LogP contribution is -1.90. The van der Waals surface area contributed by atoms with Crippen LogP contribution in [0.5, 0.6) is 0 Å². The topological polar surface area (TPSA) is 17.1 Å². The van der Waals surface area contributed by atoms with E-state index in [9.17, 15) is 9.18 Å². The molecule has 0 amide bonds. The van der Waals surface area contributed by atoms with Crippen LogP contribution in [0.1, 0.15) is 19.4 Å². The lowest BCUT2D eigenvalue weighted by atomic mass is 10.1. The van der Waals surface area contributed by atoms with Crippen molar-refractivity contribution in [3.8, 4) is 0 Å². The van der Waals surface area contributed by atoms with E-state index >= 15 is 0 Å². The second kappa shape index (κ2) is 4.51. The van der Waals surface area contributed by atoms with Crippen LogP contribution in [0.15, 0.2) is 28.7 Å². The van der Waals surface area contributed by atoms with E-state index in [4.69, 9.17) is 0 Å². The number of halogens is 2. The van der Waals surface area contributed by atoms with Crippen molar-refractivity contribution >= 4 is 27.3 Å². The Morgan fingerprint density at radius 2 is 2.07 bits per heavy atom. The van der Waals surface area contributed by atoms with Gasteiger partial charge in [-0.25, -0.2) is 4.39 Å². The molecule has 14 heavy (non-hydrogen) atoms. The maximum Gasteiger partial charge on any atom is 0.152 e. The van der Waals surface area contributed by atoms with Gasteiger partial charge < -0.3 is 0 Å². The highest BCUT2D eigenvalue weighted by Crippen LogP contribution is 2.21. The van der Waals surface area contributed by atoms with Crippen LogP contribution in [0, 0.1) is 5.82 Å². The van der Waals surface area contributed by atoms with Crippen LogP contribution < -0.4 is 0 Å². The van der Waals surface area contributed by atoms with Gasteiger partial charge in [-0.1, -0.05) is 22.0 Å². The lowest BCUT2D eigenvalue weighted by Gasteiger charge is -2.02. The molecule has 0 spiro atoms. The number of hydrogen-bond donors (Lipinski definition) is 0. The van der Waals surface area contributed by atoms with Crippen molar-refractivity contribution < 1.29 is 9.18 Å². The molecular formula is C11H10BrFO. The fourth-order valence-corrected chi connectivity index (χ4v) is 1.53. The molecule has 0 radical (unpaired) electrons. The monoisotopic (exact) mass is 256 g/mol. The molecule has 3 heteroatoms. The average molecular weight is 257 g/mol. The highest BCUT2D eigenvalue weighted by Gasteiger charge is 2.04. The van der Waals surface area contributed by atoms with Gasteiger partial charge in [-0.15, -0.1) is 0 Å². The first-order chi connectivity index (χ1) is 6.50. The minimum atomic E-state index is -0.325. The van der Waals surface area contributed by atoms with Crippen molar-refractivity contribution in [1.82, 2.24) is 0 Å². The SMILES string of the molecule is CC(=O)/C=C(\C)c1ccc(Br)cc1F. The smallest absolute Gasteiger partial charge is 0.152 e. The highest BCUT2D eigenvalue weighted by molar-refractivity contribution is 9.10. The number of carbonyl (C=O) groups is 1. The molecule has 0 fully saturated rings. The predicted octanol–water partition coefficient (Wildman–Crippen LogP) is 3.58. The number of benzene rings is 1. The van der Waals surface area contributed by atoms with Crippen molar-refractivity contribution in [2.24, 2.45) is 0 Å². The van der Waals surface area contributed by atoms with Crippen LogP contribution in [0.4, 0.5) is 4.39 Å². The summed E-state index contributed by atoms with van der Waals surface area (Å²) in [4.78, 5) is 10.8. The third-order valence-electron chi connectivity index (χ3n) is 1.78. The molecule has 0 aromatic heterocycles. The largest absolute Gasteiger partial charge is 0.295 e. The summed E-state index contributed by atoms with van der Waals surface area (Å²) in [7, 11) is 0. The Morgan fingerprint density at radius 1 is 1.43 bits per heavy atom. The van der Waals surface area contributed by atoms with Gasteiger partial charge in [-0.3, -0.25) is 4.79 Å². The van der Waals surface area contributed by atoms with Crippen molar-refractivity contribution in [1.29, 1.82) is 0 Å². The maximum absolute atomic E-state index is 13.4.